The van der Waals surface area contributed by atoms with E-state index < -0.39 is 9.84 Å². The largest absolute Gasteiger partial charge is 0.374 e. The number of hydrogen-bond donors (Lipinski definition) is 1. The Hall–Kier alpha value is -0.170. The van der Waals surface area contributed by atoms with Gasteiger partial charge in [0.05, 0.1) is 24.2 Å². The molecule has 2 aliphatic heterocycles. The van der Waals surface area contributed by atoms with Crippen LogP contribution < -0.4 is 5.73 Å². The molecule has 3 unspecified atom stereocenters. The average Bonchev–Trinajstić information content (AvgIpc) is 2.59. The van der Waals surface area contributed by atoms with Crippen molar-refractivity contribution < 1.29 is 13.2 Å². The highest BCUT2D eigenvalue weighted by atomic mass is 32.2. The normalized spacial score (nSPS) is 37.4. The summed E-state index contributed by atoms with van der Waals surface area (Å²) in [6.07, 6.45) is 0.797. The van der Waals surface area contributed by atoms with Gasteiger partial charge in [-0.25, -0.2) is 8.42 Å². The van der Waals surface area contributed by atoms with Gasteiger partial charge in [-0.1, -0.05) is 0 Å². The molecule has 0 bridgehead atoms. The molecule has 0 saturated carbocycles. The third-order valence-electron chi connectivity index (χ3n) is 3.44. The summed E-state index contributed by atoms with van der Waals surface area (Å²) < 4.78 is 28.4. The highest BCUT2D eigenvalue weighted by Crippen LogP contribution is 2.20. The van der Waals surface area contributed by atoms with E-state index in [2.05, 4.69) is 4.90 Å². The third-order valence-corrected chi connectivity index (χ3v) is 5.19. The van der Waals surface area contributed by atoms with Crippen molar-refractivity contribution in [3.05, 3.63) is 0 Å². The summed E-state index contributed by atoms with van der Waals surface area (Å²) >= 11 is 0. The molecule has 2 saturated heterocycles. The summed E-state index contributed by atoms with van der Waals surface area (Å²) in [5, 5.41) is 0. The van der Waals surface area contributed by atoms with Crippen molar-refractivity contribution in [1.82, 2.24) is 4.90 Å². The van der Waals surface area contributed by atoms with Crippen LogP contribution >= 0.6 is 0 Å². The first-order valence-electron chi connectivity index (χ1n) is 5.79. The molecule has 2 aliphatic rings. The number of nitrogens with two attached hydrogens (primary N) is 1. The molecule has 0 aliphatic carbocycles. The van der Waals surface area contributed by atoms with Crippen LogP contribution in [0.5, 0.6) is 0 Å². The van der Waals surface area contributed by atoms with E-state index in [-0.39, 0.29) is 18.2 Å². The first-order chi connectivity index (χ1) is 7.48. The fourth-order valence-corrected chi connectivity index (χ4v) is 4.17. The van der Waals surface area contributed by atoms with Crippen LogP contribution in [-0.4, -0.2) is 62.7 Å². The number of morpholine rings is 1. The molecule has 2 rings (SSSR count). The second-order valence-electron chi connectivity index (χ2n) is 4.82. The Morgan fingerprint density at radius 2 is 2.25 bits per heavy atom. The average molecular weight is 248 g/mol. The van der Waals surface area contributed by atoms with E-state index >= 15 is 0 Å². The Bertz CT molecular complexity index is 342. The smallest absolute Gasteiger partial charge is 0.151 e. The fraction of sp³-hybridized carbons (Fsp3) is 1.00. The van der Waals surface area contributed by atoms with Crippen LogP contribution in [0.2, 0.25) is 0 Å². The number of ether oxygens (including phenoxy) is 1. The second kappa shape index (κ2) is 4.60. The molecule has 16 heavy (non-hydrogen) atoms. The van der Waals surface area contributed by atoms with Gasteiger partial charge in [0.25, 0.3) is 0 Å². The van der Waals surface area contributed by atoms with Crippen molar-refractivity contribution in [3.8, 4) is 0 Å². The van der Waals surface area contributed by atoms with Crippen LogP contribution in [0.25, 0.3) is 0 Å². The summed E-state index contributed by atoms with van der Waals surface area (Å²) in [5.74, 6) is 0.635. The predicted octanol–water partition coefficient (Wildman–Crippen LogP) is -0.778. The van der Waals surface area contributed by atoms with Crippen molar-refractivity contribution in [3.63, 3.8) is 0 Å². The zero-order valence-electron chi connectivity index (χ0n) is 9.63. The Kier molecular flexibility index (Phi) is 3.53. The molecule has 5 nitrogen and oxygen atoms in total. The minimum atomic E-state index is -2.80. The van der Waals surface area contributed by atoms with Gasteiger partial charge in [0.1, 0.15) is 0 Å². The maximum atomic E-state index is 11.4. The molecule has 0 radical (unpaired) electrons. The molecular formula is C10H20N2O3S. The van der Waals surface area contributed by atoms with Gasteiger partial charge in [-0.2, -0.15) is 0 Å². The lowest BCUT2D eigenvalue weighted by Gasteiger charge is -2.37. The van der Waals surface area contributed by atoms with Crippen molar-refractivity contribution >= 4 is 9.84 Å². The Morgan fingerprint density at radius 3 is 2.81 bits per heavy atom. The minimum absolute atomic E-state index is 0.000750. The van der Waals surface area contributed by atoms with Crippen LogP contribution in [0, 0.1) is 0 Å². The van der Waals surface area contributed by atoms with Crippen molar-refractivity contribution in [2.24, 2.45) is 5.73 Å². The standard InChI is InChI=1S/C10H20N2O3S/c1-8(11)10-6-12(3-4-15-10)9-2-5-16(13,14)7-9/h8-10H,2-7,11H2,1H3. The van der Waals surface area contributed by atoms with E-state index in [0.29, 0.717) is 18.1 Å². The summed E-state index contributed by atoms with van der Waals surface area (Å²) in [7, 11) is -2.80. The van der Waals surface area contributed by atoms with E-state index in [1.165, 1.54) is 0 Å². The highest BCUT2D eigenvalue weighted by molar-refractivity contribution is 7.91. The molecule has 0 aromatic heterocycles. The second-order valence-corrected chi connectivity index (χ2v) is 7.05. The van der Waals surface area contributed by atoms with Crippen LogP contribution in [0.4, 0.5) is 0 Å². The summed E-state index contributed by atoms with van der Waals surface area (Å²) in [5.41, 5.74) is 5.81. The van der Waals surface area contributed by atoms with Crippen molar-refractivity contribution in [2.45, 2.75) is 31.5 Å². The molecule has 2 fully saturated rings. The summed E-state index contributed by atoms with van der Waals surface area (Å²) in [4.78, 5) is 2.22. The Labute approximate surface area is 96.9 Å². The summed E-state index contributed by atoms with van der Waals surface area (Å²) in [6.45, 7) is 4.17. The van der Waals surface area contributed by atoms with Crippen LogP contribution in [0.15, 0.2) is 0 Å². The predicted molar refractivity (Wildman–Crippen MR) is 62.0 cm³/mol. The number of nitrogens with zero attached hydrogens (tertiary/aromatic N) is 1. The Morgan fingerprint density at radius 1 is 1.50 bits per heavy atom. The molecule has 2 heterocycles. The maximum absolute atomic E-state index is 11.4. The molecular weight excluding hydrogens is 228 g/mol. The molecule has 6 heteroatoms. The minimum Gasteiger partial charge on any atom is -0.374 e. The van der Waals surface area contributed by atoms with Gasteiger partial charge in [-0.05, 0) is 13.3 Å². The van der Waals surface area contributed by atoms with Gasteiger partial charge in [0.15, 0.2) is 9.84 Å². The van der Waals surface area contributed by atoms with Crippen LogP contribution in [0.3, 0.4) is 0 Å². The molecule has 3 atom stereocenters. The zero-order chi connectivity index (χ0) is 11.8. The number of sulfone groups is 1. The molecule has 0 aromatic rings. The van der Waals surface area contributed by atoms with E-state index in [9.17, 15) is 8.42 Å². The van der Waals surface area contributed by atoms with Crippen molar-refractivity contribution in [1.29, 1.82) is 0 Å². The first-order valence-corrected chi connectivity index (χ1v) is 7.62. The lowest BCUT2D eigenvalue weighted by Crippen LogP contribution is -2.53. The van der Waals surface area contributed by atoms with E-state index in [0.717, 1.165) is 19.5 Å². The van der Waals surface area contributed by atoms with Gasteiger partial charge in [0, 0.05) is 25.2 Å². The van der Waals surface area contributed by atoms with Crippen molar-refractivity contribution in [2.75, 3.05) is 31.2 Å². The maximum Gasteiger partial charge on any atom is 0.151 e. The Balaban J connectivity index is 1.95. The molecule has 2 N–H and O–H groups in total. The fourth-order valence-electron chi connectivity index (χ4n) is 2.41. The van der Waals surface area contributed by atoms with Crippen LogP contribution in [-0.2, 0) is 14.6 Å². The SMILES string of the molecule is CC(N)C1CN(C2CCS(=O)(=O)C2)CCO1. The van der Waals surface area contributed by atoms with Gasteiger partial charge >= 0.3 is 0 Å². The van der Waals surface area contributed by atoms with Gasteiger partial charge in [-0.15, -0.1) is 0 Å². The lowest BCUT2D eigenvalue weighted by atomic mass is 10.1. The topological polar surface area (TPSA) is 72.6 Å². The van der Waals surface area contributed by atoms with E-state index in [1.807, 2.05) is 6.92 Å². The van der Waals surface area contributed by atoms with Crippen LogP contribution in [0.1, 0.15) is 13.3 Å². The molecule has 94 valence electrons. The van der Waals surface area contributed by atoms with Gasteiger partial charge in [0.2, 0.25) is 0 Å². The number of hydrogen-bond acceptors (Lipinski definition) is 5. The third kappa shape index (κ3) is 2.74. The van der Waals surface area contributed by atoms with Gasteiger partial charge < -0.3 is 10.5 Å². The highest BCUT2D eigenvalue weighted by Gasteiger charge is 2.35. The molecule has 0 amide bonds. The van der Waals surface area contributed by atoms with E-state index in [4.69, 9.17) is 10.5 Å². The summed E-state index contributed by atoms with van der Waals surface area (Å²) in [6, 6.07) is 0.177. The van der Waals surface area contributed by atoms with E-state index in [1.54, 1.807) is 0 Å². The van der Waals surface area contributed by atoms with Gasteiger partial charge in [-0.3, -0.25) is 4.90 Å². The first kappa shape index (κ1) is 12.3. The lowest BCUT2D eigenvalue weighted by molar-refractivity contribution is -0.0483. The monoisotopic (exact) mass is 248 g/mol. The molecule has 0 aromatic carbocycles. The molecule has 0 spiro atoms. The zero-order valence-corrected chi connectivity index (χ0v) is 10.4. The quantitative estimate of drug-likeness (QED) is 0.694. The number of rotatable bonds is 2.